The number of hydrogen-bond acceptors (Lipinski definition) is 4. The highest BCUT2D eigenvalue weighted by Gasteiger charge is 2.17. The van der Waals surface area contributed by atoms with Crippen molar-refractivity contribution in [2.24, 2.45) is 0 Å². The van der Waals surface area contributed by atoms with Crippen molar-refractivity contribution in [2.75, 3.05) is 12.4 Å². The molecule has 1 aromatic heterocycles. The molecule has 144 valence electrons. The fraction of sp³-hybridized carbons (Fsp3) is 0.190. The quantitative estimate of drug-likeness (QED) is 0.653. The molecular formula is C21H20ClN3O3. The zero-order valence-corrected chi connectivity index (χ0v) is 16.6. The molecule has 0 saturated heterocycles. The number of nitrogens with zero attached hydrogens (tertiary/aromatic N) is 2. The van der Waals surface area contributed by atoms with Gasteiger partial charge in [-0.15, -0.1) is 0 Å². The van der Waals surface area contributed by atoms with E-state index in [-0.39, 0.29) is 5.91 Å². The lowest BCUT2D eigenvalue weighted by atomic mass is 10.1. The number of carbonyl (C=O) groups is 2. The Morgan fingerprint density at radius 1 is 1.11 bits per heavy atom. The van der Waals surface area contributed by atoms with Crippen LogP contribution in [-0.4, -0.2) is 28.8 Å². The van der Waals surface area contributed by atoms with Gasteiger partial charge in [0.05, 0.1) is 36.3 Å². The van der Waals surface area contributed by atoms with Crippen LogP contribution in [0.4, 0.5) is 5.69 Å². The average Bonchev–Trinajstić information content (AvgIpc) is 2.95. The molecule has 3 aromatic rings. The highest BCUT2D eigenvalue weighted by atomic mass is 35.5. The summed E-state index contributed by atoms with van der Waals surface area (Å²) in [5.74, 6) is -0.634. The van der Waals surface area contributed by atoms with Crippen LogP contribution in [0.25, 0.3) is 0 Å². The summed E-state index contributed by atoms with van der Waals surface area (Å²) in [5.41, 5.74) is 3.91. The van der Waals surface area contributed by atoms with E-state index >= 15 is 0 Å². The normalized spacial score (nSPS) is 10.6. The largest absolute Gasteiger partial charge is 0.465 e. The minimum atomic E-state index is -0.395. The second kappa shape index (κ2) is 8.27. The Hall–Kier alpha value is -3.12. The second-order valence-corrected chi connectivity index (χ2v) is 6.75. The van der Waals surface area contributed by atoms with Crippen molar-refractivity contribution in [2.45, 2.75) is 20.4 Å². The number of anilines is 1. The van der Waals surface area contributed by atoms with Gasteiger partial charge in [-0.25, -0.2) is 4.79 Å². The molecule has 2 aromatic carbocycles. The molecule has 0 aliphatic heterocycles. The lowest BCUT2D eigenvalue weighted by Crippen LogP contribution is -2.14. The second-order valence-electron chi connectivity index (χ2n) is 6.31. The van der Waals surface area contributed by atoms with Gasteiger partial charge in [0.1, 0.15) is 0 Å². The number of aromatic nitrogens is 2. The number of ether oxygens (including phenoxy) is 1. The number of carbonyl (C=O) groups excluding carboxylic acids is 2. The summed E-state index contributed by atoms with van der Waals surface area (Å²) in [6.07, 6.45) is 0. The summed E-state index contributed by atoms with van der Waals surface area (Å²) in [6.45, 7) is 4.08. The number of methoxy groups -OCH3 is 1. The van der Waals surface area contributed by atoms with Crippen molar-refractivity contribution in [1.82, 2.24) is 9.78 Å². The minimum absolute atomic E-state index is 0.239. The van der Waals surface area contributed by atoms with Gasteiger partial charge in [0.2, 0.25) is 0 Å². The lowest BCUT2D eigenvalue weighted by Gasteiger charge is -2.10. The molecule has 1 N–H and O–H groups in total. The van der Waals surface area contributed by atoms with E-state index in [4.69, 9.17) is 16.3 Å². The van der Waals surface area contributed by atoms with Crippen LogP contribution in [-0.2, 0) is 11.3 Å². The first-order valence-corrected chi connectivity index (χ1v) is 9.05. The van der Waals surface area contributed by atoms with E-state index < -0.39 is 5.97 Å². The minimum Gasteiger partial charge on any atom is -0.465 e. The van der Waals surface area contributed by atoms with Crippen LogP contribution < -0.4 is 5.32 Å². The molecule has 28 heavy (non-hydrogen) atoms. The van der Waals surface area contributed by atoms with Gasteiger partial charge in [-0.05, 0) is 49.7 Å². The molecule has 6 nitrogen and oxygen atoms in total. The van der Waals surface area contributed by atoms with Gasteiger partial charge in [0.25, 0.3) is 5.91 Å². The number of benzene rings is 2. The third kappa shape index (κ3) is 4.07. The Labute approximate surface area is 168 Å². The number of amides is 1. The Kier molecular flexibility index (Phi) is 5.80. The predicted octanol–water partition coefficient (Wildman–Crippen LogP) is 4.24. The Morgan fingerprint density at radius 3 is 2.46 bits per heavy atom. The fourth-order valence-electron chi connectivity index (χ4n) is 2.95. The number of rotatable bonds is 5. The molecule has 0 spiro atoms. The van der Waals surface area contributed by atoms with Crippen molar-refractivity contribution in [3.05, 3.63) is 81.6 Å². The summed E-state index contributed by atoms with van der Waals surface area (Å²) < 4.78 is 6.61. The van der Waals surface area contributed by atoms with Crippen LogP contribution in [0.5, 0.6) is 0 Å². The van der Waals surface area contributed by atoms with E-state index in [0.717, 1.165) is 11.3 Å². The van der Waals surface area contributed by atoms with Gasteiger partial charge >= 0.3 is 5.97 Å². The van der Waals surface area contributed by atoms with Crippen LogP contribution in [0.15, 0.2) is 48.5 Å². The lowest BCUT2D eigenvalue weighted by molar-refractivity contribution is 0.0599. The first-order chi connectivity index (χ1) is 13.4. The Balaban J connectivity index is 1.86. The predicted molar refractivity (Wildman–Crippen MR) is 108 cm³/mol. The standard InChI is InChI=1S/C21H20ClN3O3/c1-13-19(23-20(26)15-8-10-17(22)11-9-15)14(2)25(24-13)12-16-6-4-5-7-18(16)21(27)28-3/h4-11H,12H2,1-3H3,(H,23,26). The maximum absolute atomic E-state index is 12.5. The van der Waals surface area contributed by atoms with E-state index in [1.165, 1.54) is 7.11 Å². The van der Waals surface area contributed by atoms with Gasteiger partial charge in [-0.2, -0.15) is 5.10 Å². The van der Waals surface area contributed by atoms with Crippen molar-refractivity contribution >= 4 is 29.2 Å². The topological polar surface area (TPSA) is 73.2 Å². The van der Waals surface area contributed by atoms with E-state index in [9.17, 15) is 9.59 Å². The van der Waals surface area contributed by atoms with Crippen LogP contribution in [0.3, 0.4) is 0 Å². The van der Waals surface area contributed by atoms with E-state index in [0.29, 0.717) is 34.1 Å². The maximum Gasteiger partial charge on any atom is 0.338 e. The number of halogens is 1. The van der Waals surface area contributed by atoms with Gasteiger partial charge in [0, 0.05) is 10.6 Å². The maximum atomic E-state index is 12.5. The molecule has 0 fully saturated rings. The fourth-order valence-corrected chi connectivity index (χ4v) is 3.07. The molecule has 3 rings (SSSR count). The Bertz CT molecular complexity index is 1030. The summed E-state index contributed by atoms with van der Waals surface area (Å²) in [4.78, 5) is 24.5. The zero-order chi connectivity index (χ0) is 20.3. The summed E-state index contributed by atoms with van der Waals surface area (Å²) >= 11 is 5.87. The molecule has 0 radical (unpaired) electrons. The monoisotopic (exact) mass is 397 g/mol. The third-order valence-electron chi connectivity index (χ3n) is 4.47. The number of hydrogen-bond donors (Lipinski definition) is 1. The average molecular weight is 398 g/mol. The number of nitrogens with one attached hydrogen (secondary N) is 1. The molecular weight excluding hydrogens is 378 g/mol. The van der Waals surface area contributed by atoms with Gasteiger partial charge < -0.3 is 10.1 Å². The highest BCUT2D eigenvalue weighted by molar-refractivity contribution is 6.30. The summed E-state index contributed by atoms with van der Waals surface area (Å²) in [7, 11) is 1.35. The van der Waals surface area contributed by atoms with Crippen molar-refractivity contribution < 1.29 is 14.3 Å². The highest BCUT2D eigenvalue weighted by Crippen LogP contribution is 2.22. The molecule has 0 saturated carbocycles. The number of esters is 1. The SMILES string of the molecule is COC(=O)c1ccccc1Cn1nc(C)c(NC(=O)c2ccc(Cl)cc2)c1C. The van der Waals surface area contributed by atoms with Gasteiger partial charge in [0.15, 0.2) is 0 Å². The first kappa shape index (κ1) is 19.6. The third-order valence-corrected chi connectivity index (χ3v) is 4.72. The molecule has 1 heterocycles. The molecule has 7 heteroatoms. The van der Waals surface area contributed by atoms with Gasteiger partial charge in [-0.1, -0.05) is 29.8 Å². The van der Waals surface area contributed by atoms with E-state index in [1.807, 2.05) is 26.0 Å². The van der Waals surface area contributed by atoms with Crippen molar-refractivity contribution in [3.8, 4) is 0 Å². The van der Waals surface area contributed by atoms with Crippen molar-refractivity contribution in [1.29, 1.82) is 0 Å². The van der Waals surface area contributed by atoms with Crippen LogP contribution in [0.2, 0.25) is 5.02 Å². The van der Waals surface area contributed by atoms with Crippen LogP contribution in [0.1, 0.15) is 37.7 Å². The van der Waals surface area contributed by atoms with Crippen LogP contribution >= 0.6 is 11.6 Å². The van der Waals surface area contributed by atoms with Crippen LogP contribution in [0, 0.1) is 13.8 Å². The number of aryl methyl sites for hydroxylation is 1. The Morgan fingerprint density at radius 2 is 1.79 bits per heavy atom. The van der Waals surface area contributed by atoms with E-state index in [2.05, 4.69) is 10.4 Å². The molecule has 0 atom stereocenters. The summed E-state index contributed by atoms with van der Waals surface area (Å²) in [5, 5.41) is 8.00. The molecule has 0 unspecified atom stereocenters. The van der Waals surface area contributed by atoms with Crippen molar-refractivity contribution in [3.63, 3.8) is 0 Å². The molecule has 1 amide bonds. The summed E-state index contributed by atoms with van der Waals surface area (Å²) in [6, 6.07) is 13.9. The molecule has 0 aliphatic carbocycles. The van der Waals surface area contributed by atoms with E-state index in [1.54, 1.807) is 41.1 Å². The molecule has 0 bridgehead atoms. The zero-order valence-electron chi connectivity index (χ0n) is 15.8. The smallest absolute Gasteiger partial charge is 0.338 e. The first-order valence-electron chi connectivity index (χ1n) is 8.68. The van der Waals surface area contributed by atoms with Gasteiger partial charge in [-0.3, -0.25) is 9.48 Å². The molecule has 0 aliphatic rings.